The molecule has 1 N–H and O–H groups in total. The Hall–Kier alpha value is -3.11. The zero-order chi connectivity index (χ0) is 25.9. The molecule has 0 atom stereocenters. The molecule has 36 heavy (non-hydrogen) atoms. The summed E-state index contributed by atoms with van der Waals surface area (Å²) in [4.78, 5) is 12.5. The number of fused-ring (bicyclic) bond motifs is 1. The number of nitrogens with zero attached hydrogens (tertiary/aromatic N) is 4. The Bertz CT molecular complexity index is 1100. The minimum atomic E-state index is -0.747. The standard InChI is InChI=1S/C26H34F3N5O2/c1-30-9-13-36-26-7-6-19(17-31-26)22-15-24(20-14-21(29)25(35-3)16-23(20)32-22)34(18-28)11-5-4-10-33(2)12-8-27/h6-7,14-17,30H,4-5,8-13,18H2,1-3H3. The number of hydrogen-bond acceptors (Lipinski definition) is 7. The highest BCUT2D eigenvalue weighted by Gasteiger charge is 2.17. The lowest BCUT2D eigenvalue weighted by atomic mass is 10.1. The van der Waals surface area contributed by atoms with Gasteiger partial charge in [-0.05, 0) is 51.7 Å². The number of rotatable bonds is 15. The van der Waals surface area contributed by atoms with Crippen LogP contribution in [-0.4, -0.2) is 82.3 Å². The van der Waals surface area contributed by atoms with E-state index in [0.717, 1.165) is 6.42 Å². The molecule has 2 aromatic heterocycles. The Morgan fingerprint density at radius 1 is 1.06 bits per heavy atom. The summed E-state index contributed by atoms with van der Waals surface area (Å²) in [6.07, 6.45) is 3.12. The number of halogens is 3. The van der Waals surface area contributed by atoms with Crippen LogP contribution in [0.25, 0.3) is 22.2 Å². The molecule has 0 aliphatic rings. The van der Waals surface area contributed by atoms with Crippen molar-refractivity contribution in [1.29, 1.82) is 0 Å². The van der Waals surface area contributed by atoms with Crippen molar-refractivity contribution in [3.63, 3.8) is 0 Å². The molecule has 0 aliphatic carbocycles. The van der Waals surface area contributed by atoms with Crippen LogP contribution in [-0.2, 0) is 0 Å². The maximum absolute atomic E-state index is 14.6. The monoisotopic (exact) mass is 505 g/mol. The summed E-state index contributed by atoms with van der Waals surface area (Å²) in [5, 5.41) is 3.49. The van der Waals surface area contributed by atoms with Gasteiger partial charge in [-0.25, -0.2) is 23.1 Å². The van der Waals surface area contributed by atoms with Gasteiger partial charge in [0.15, 0.2) is 18.4 Å². The molecule has 0 saturated heterocycles. The molecule has 1 aromatic carbocycles. The van der Waals surface area contributed by atoms with Crippen molar-refractivity contribution < 1.29 is 22.6 Å². The second-order valence-electron chi connectivity index (χ2n) is 8.45. The van der Waals surface area contributed by atoms with E-state index in [1.807, 2.05) is 25.1 Å². The van der Waals surface area contributed by atoms with Gasteiger partial charge >= 0.3 is 0 Å². The van der Waals surface area contributed by atoms with E-state index in [1.165, 1.54) is 19.2 Å². The molecule has 0 saturated carbocycles. The lowest BCUT2D eigenvalue weighted by molar-refractivity contribution is 0.289. The van der Waals surface area contributed by atoms with Crippen LogP contribution in [0.1, 0.15) is 12.8 Å². The average molecular weight is 506 g/mol. The van der Waals surface area contributed by atoms with Crippen LogP contribution >= 0.6 is 0 Å². The van der Waals surface area contributed by atoms with Gasteiger partial charge in [-0.2, -0.15) is 0 Å². The highest BCUT2D eigenvalue weighted by atomic mass is 19.1. The highest BCUT2D eigenvalue weighted by molar-refractivity contribution is 5.95. The van der Waals surface area contributed by atoms with Gasteiger partial charge in [0.1, 0.15) is 13.3 Å². The number of likely N-dealkylation sites (N-methyl/N-ethyl adjacent to an activating group) is 1. The lowest BCUT2D eigenvalue weighted by Crippen LogP contribution is -2.26. The minimum Gasteiger partial charge on any atom is -0.494 e. The van der Waals surface area contributed by atoms with E-state index in [-0.39, 0.29) is 5.75 Å². The second-order valence-corrected chi connectivity index (χ2v) is 8.45. The number of nitrogens with one attached hydrogen (secondary N) is 1. The molecule has 7 nitrogen and oxygen atoms in total. The molecule has 2 heterocycles. The number of methoxy groups -OCH3 is 1. The quantitative estimate of drug-likeness (QED) is 0.242. The maximum Gasteiger partial charge on any atom is 0.213 e. The third-order valence-corrected chi connectivity index (χ3v) is 5.86. The molecular formula is C26H34F3N5O2. The summed E-state index contributed by atoms with van der Waals surface area (Å²) >= 11 is 0. The van der Waals surface area contributed by atoms with Crippen molar-refractivity contribution in [2.45, 2.75) is 12.8 Å². The Balaban J connectivity index is 1.91. The van der Waals surface area contributed by atoms with Gasteiger partial charge in [-0.3, -0.25) is 0 Å². The van der Waals surface area contributed by atoms with E-state index in [9.17, 15) is 13.2 Å². The summed E-state index contributed by atoms with van der Waals surface area (Å²) < 4.78 is 52.1. The van der Waals surface area contributed by atoms with E-state index in [1.54, 1.807) is 23.2 Å². The number of alkyl halides is 2. The van der Waals surface area contributed by atoms with Gasteiger partial charge in [0.25, 0.3) is 0 Å². The third-order valence-electron chi connectivity index (χ3n) is 5.86. The zero-order valence-corrected chi connectivity index (χ0v) is 21.1. The Labute approximate surface area is 210 Å². The second kappa shape index (κ2) is 13.8. The van der Waals surface area contributed by atoms with Gasteiger partial charge in [-0.1, -0.05) is 0 Å². The number of ether oxygens (including phenoxy) is 2. The molecule has 0 amide bonds. The number of aromatic nitrogens is 2. The van der Waals surface area contributed by atoms with Crippen molar-refractivity contribution in [2.24, 2.45) is 0 Å². The van der Waals surface area contributed by atoms with Gasteiger partial charge in [0.05, 0.1) is 24.0 Å². The van der Waals surface area contributed by atoms with Crippen molar-refractivity contribution in [1.82, 2.24) is 20.2 Å². The Kier molecular flexibility index (Phi) is 10.6. The van der Waals surface area contributed by atoms with Crippen molar-refractivity contribution in [2.75, 3.05) is 72.4 Å². The normalized spacial score (nSPS) is 11.3. The number of pyridine rings is 2. The first-order valence-corrected chi connectivity index (χ1v) is 12.0. The van der Waals surface area contributed by atoms with E-state index in [4.69, 9.17) is 9.47 Å². The van der Waals surface area contributed by atoms with E-state index in [0.29, 0.717) is 72.9 Å². The van der Waals surface area contributed by atoms with E-state index in [2.05, 4.69) is 15.3 Å². The smallest absolute Gasteiger partial charge is 0.213 e. The summed E-state index contributed by atoms with van der Waals surface area (Å²) in [6, 6.07) is 8.18. The number of benzene rings is 1. The molecule has 3 rings (SSSR count). The van der Waals surface area contributed by atoms with Gasteiger partial charge < -0.3 is 24.6 Å². The zero-order valence-electron chi connectivity index (χ0n) is 21.1. The van der Waals surface area contributed by atoms with Crippen LogP contribution in [0.2, 0.25) is 0 Å². The summed E-state index contributed by atoms with van der Waals surface area (Å²) in [6.45, 7) is 1.55. The third kappa shape index (κ3) is 7.20. The van der Waals surface area contributed by atoms with Crippen molar-refractivity contribution in [3.8, 4) is 22.9 Å². The van der Waals surface area contributed by atoms with Gasteiger partial charge in [-0.15, -0.1) is 0 Å². The number of unbranched alkanes of at least 4 members (excludes halogenated alkanes) is 1. The Morgan fingerprint density at radius 2 is 1.86 bits per heavy atom. The molecule has 0 fully saturated rings. The molecule has 0 aliphatic heterocycles. The van der Waals surface area contributed by atoms with E-state index < -0.39 is 19.3 Å². The van der Waals surface area contributed by atoms with Gasteiger partial charge in [0.2, 0.25) is 5.88 Å². The van der Waals surface area contributed by atoms with Crippen molar-refractivity contribution in [3.05, 3.63) is 42.3 Å². The van der Waals surface area contributed by atoms with Crippen LogP contribution in [0, 0.1) is 5.82 Å². The van der Waals surface area contributed by atoms with Crippen LogP contribution in [0.5, 0.6) is 11.6 Å². The predicted octanol–water partition coefficient (Wildman–Crippen LogP) is 4.46. The molecule has 196 valence electrons. The van der Waals surface area contributed by atoms with Gasteiger partial charge in [0, 0.05) is 48.9 Å². The Morgan fingerprint density at radius 3 is 2.53 bits per heavy atom. The largest absolute Gasteiger partial charge is 0.494 e. The summed E-state index contributed by atoms with van der Waals surface area (Å²) in [7, 11) is 5.09. The van der Waals surface area contributed by atoms with Crippen molar-refractivity contribution >= 4 is 16.6 Å². The topological polar surface area (TPSA) is 62.8 Å². The first-order valence-electron chi connectivity index (χ1n) is 12.0. The van der Waals surface area contributed by atoms with E-state index >= 15 is 0 Å². The first kappa shape index (κ1) is 27.5. The minimum absolute atomic E-state index is 0.0622. The predicted molar refractivity (Wildman–Crippen MR) is 137 cm³/mol. The number of anilines is 1. The van der Waals surface area contributed by atoms with Crippen LogP contribution in [0.4, 0.5) is 18.9 Å². The average Bonchev–Trinajstić information content (AvgIpc) is 2.89. The van der Waals surface area contributed by atoms with Crippen LogP contribution < -0.4 is 19.7 Å². The summed E-state index contributed by atoms with van der Waals surface area (Å²) in [5.41, 5.74) is 2.30. The highest BCUT2D eigenvalue weighted by Crippen LogP contribution is 2.34. The molecule has 3 aromatic rings. The number of hydrogen-bond donors (Lipinski definition) is 1. The van der Waals surface area contributed by atoms with Crippen LogP contribution in [0.3, 0.4) is 0 Å². The fraction of sp³-hybridized carbons (Fsp3) is 0.462. The molecule has 0 radical (unpaired) electrons. The molecule has 0 unspecified atom stereocenters. The van der Waals surface area contributed by atoms with Crippen LogP contribution in [0.15, 0.2) is 36.5 Å². The summed E-state index contributed by atoms with van der Waals surface area (Å²) in [5.74, 6) is 0.00580. The lowest BCUT2D eigenvalue weighted by Gasteiger charge is -2.24. The molecule has 0 spiro atoms. The fourth-order valence-electron chi connectivity index (χ4n) is 3.84. The molecule has 0 bridgehead atoms. The SMILES string of the molecule is CNCCOc1ccc(-c2cc(N(CF)CCCCN(C)CCF)c3cc(F)c(OC)cc3n2)cn1. The first-order chi connectivity index (χ1) is 17.5. The fourth-order valence-corrected chi connectivity index (χ4v) is 3.84. The maximum atomic E-state index is 14.6. The molecular weight excluding hydrogens is 471 g/mol. The molecule has 10 heteroatoms.